The Hall–Kier alpha value is -3.70. The standard InChI is InChI=1S/C16H26O3.C14H16O.C13H18O5.C13H24O2/c1-4-14(2,3)13(17)19-16-8-11-5-12(9-16)7-15(18,6-11)10-16;1-3-10(2)11-4-5-13-9-14(15)7-6-12(13)8-11;1-4-13(2,3)12(15)18-9-7-5-6-8(16-7)10(9)17-11(6)14;1-5-12(3,4)11(14)15-13(6-2)9-7-8-10-13/h11-12,18H,4-10H2,1-3H3;4-10,15H,3H2,1-2H3;6-10H,4-5H2,1-3H3;5-10H2,1-4H3. The highest BCUT2D eigenvalue weighted by Crippen LogP contribution is 2.59. The van der Waals surface area contributed by atoms with Gasteiger partial charge in [0.15, 0.2) is 12.2 Å². The second-order valence-corrected chi connectivity index (χ2v) is 23.5. The van der Waals surface area contributed by atoms with Crippen LogP contribution in [0.5, 0.6) is 5.75 Å². The van der Waals surface area contributed by atoms with Gasteiger partial charge in [-0.3, -0.25) is 19.2 Å². The highest BCUT2D eigenvalue weighted by Gasteiger charge is 2.65. The maximum Gasteiger partial charge on any atom is 0.312 e. The van der Waals surface area contributed by atoms with Crippen LogP contribution in [0.25, 0.3) is 10.8 Å². The molecule has 0 aromatic heterocycles. The minimum Gasteiger partial charge on any atom is -0.508 e. The minimum absolute atomic E-state index is 0.0197. The van der Waals surface area contributed by atoms with Gasteiger partial charge in [0.05, 0.1) is 33.9 Å². The topological polar surface area (TPSA) is 155 Å². The fourth-order valence-corrected chi connectivity index (χ4v) is 11.4. The van der Waals surface area contributed by atoms with Crippen molar-refractivity contribution >= 4 is 34.6 Å². The van der Waals surface area contributed by atoms with Crippen LogP contribution in [-0.2, 0) is 42.9 Å². The molecule has 0 radical (unpaired) electrons. The summed E-state index contributed by atoms with van der Waals surface area (Å²) in [6.07, 6.45) is 14.0. The molecular formula is C56H84O11. The molecule has 0 spiro atoms. The van der Waals surface area contributed by atoms with Crippen molar-refractivity contribution in [2.75, 3.05) is 0 Å². The second-order valence-electron chi connectivity index (χ2n) is 23.5. The van der Waals surface area contributed by atoms with Gasteiger partial charge in [0, 0.05) is 6.42 Å². The first-order chi connectivity index (χ1) is 31.4. The van der Waals surface area contributed by atoms with Crippen LogP contribution in [0, 0.1) is 34.0 Å². The van der Waals surface area contributed by atoms with Crippen molar-refractivity contribution in [2.45, 2.75) is 233 Å². The molecule has 8 unspecified atom stereocenters. The number of rotatable bonds is 12. The molecule has 5 saturated carbocycles. The molecule has 11 nitrogen and oxygen atoms in total. The molecule has 8 atom stereocenters. The summed E-state index contributed by atoms with van der Waals surface area (Å²) in [4.78, 5) is 48.0. The molecule has 67 heavy (non-hydrogen) atoms. The summed E-state index contributed by atoms with van der Waals surface area (Å²) in [7, 11) is 0. The summed E-state index contributed by atoms with van der Waals surface area (Å²) in [5.41, 5.74) is -0.927. The third-order valence-corrected chi connectivity index (χ3v) is 17.1. The van der Waals surface area contributed by atoms with E-state index in [0.717, 1.165) is 69.6 Å². The summed E-state index contributed by atoms with van der Waals surface area (Å²) < 4.78 is 28.2. The quantitative estimate of drug-likeness (QED) is 0.154. The summed E-state index contributed by atoms with van der Waals surface area (Å²) in [6, 6.07) is 11.9. The van der Waals surface area contributed by atoms with E-state index in [-0.39, 0.29) is 58.6 Å². The summed E-state index contributed by atoms with van der Waals surface area (Å²) in [5, 5.41) is 22.3. The van der Waals surface area contributed by atoms with Gasteiger partial charge in [0.25, 0.3) is 0 Å². The van der Waals surface area contributed by atoms with E-state index in [9.17, 15) is 29.4 Å². The first-order valence-electron chi connectivity index (χ1n) is 25.8. The molecule has 2 N–H and O–H groups in total. The molecule has 3 aliphatic heterocycles. The van der Waals surface area contributed by atoms with E-state index in [0.29, 0.717) is 42.8 Å². The lowest BCUT2D eigenvalue weighted by Gasteiger charge is -2.59. The minimum atomic E-state index is -0.555. The number of carbonyl (C=O) groups excluding carboxylic acids is 4. The first kappa shape index (κ1) is 52.7. The molecule has 374 valence electrons. The second kappa shape index (κ2) is 20.3. The van der Waals surface area contributed by atoms with Gasteiger partial charge in [-0.2, -0.15) is 0 Å². The molecule has 5 aliphatic carbocycles. The zero-order valence-corrected chi connectivity index (χ0v) is 43.0. The van der Waals surface area contributed by atoms with Crippen molar-refractivity contribution in [3.8, 4) is 5.75 Å². The lowest BCUT2D eigenvalue weighted by atomic mass is 9.52. The number of phenolic OH excluding ortho intramolecular Hbond substituents is 1. The zero-order chi connectivity index (χ0) is 49.3. The fraction of sp³-hybridized carbons (Fsp3) is 0.750. The highest BCUT2D eigenvalue weighted by molar-refractivity contribution is 5.84. The van der Waals surface area contributed by atoms with E-state index >= 15 is 0 Å². The zero-order valence-electron chi connectivity index (χ0n) is 43.0. The maximum absolute atomic E-state index is 12.4. The molecule has 10 rings (SSSR count). The Morgan fingerprint density at radius 2 is 1.30 bits per heavy atom. The van der Waals surface area contributed by atoms with Crippen molar-refractivity contribution < 1.29 is 53.1 Å². The first-order valence-corrected chi connectivity index (χ1v) is 25.8. The van der Waals surface area contributed by atoms with Gasteiger partial charge in [-0.05, 0) is 184 Å². The monoisotopic (exact) mass is 933 g/mol. The highest BCUT2D eigenvalue weighted by atomic mass is 16.7. The summed E-state index contributed by atoms with van der Waals surface area (Å²) in [5.74, 6) is 1.35. The van der Waals surface area contributed by atoms with Crippen molar-refractivity contribution in [1.29, 1.82) is 0 Å². The molecule has 11 heteroatoms. The van der Waals surface area contributed by atoms with Gasteiger partial charge in [-0.15, -0.1) is 0 Å². The van der Waals surface area contributed by atoms with Crippen molar-refractivity contribution in [2.24, 2.45) is 34.0 Å². The SMILES string of the molecule is CCC(C)(C)C(=O)OC12CC3CC(CC(O)(C3)C1)C2.CCC(C)(C)C(=O)OC1C2CC3C(=O)OC1C3O2.CCC(C)c1ccc2cc(O)ccc2c1.CCC1(OC(=O)C(C)(C)CC)CCCC1. The molecule has 8 aliphatic rings. The predicted molar refractivity (Wildman–Crippen MR) is 259 cm³/mol. The number of esters is 4. The molecule has 3 heterocycles. The van der Waals surface area contributed by atoms with Crippen LogP contribution in [0.2, 0.25) is 0 Å². The van der Waals surface area contributed by atoms with Gasteiger partial charge in [-0.25, -0.2) is 0 Å². The summed E-state index contributed by atoms with van der Waals surface area (Å²) >= 11 is 0. The lowest BCUT2D eigenvalue weighted by Crippen LogP contribution is -2.61. The number of benzene rings is 2. The van der Waals surface area contributed by atoms with E-state index in [4.69, 9.17) is 23.7 Å². The third kappa shape index (κ3) is 11.7. The Morgan fingerprint density at radius 1 is 0.746 bits per heavy atom. The average molecular weight is 933 g/mol. The number of hydrogen-bond donors (Lipinski definition) is 2. The van der Waals surface area contributed by atoms with Gasteiger partial charge in [0.1, 0.15) is 23.1 Å². The number of aromatic hydroxyl groups is 1. The van der Waals surface area contributed by atoms with E-state index in [1.165, 1.54) is 30.2 Å². The Labute approximate surface area is 401 Å². The number of fused-ring (bicyclic) bond motifs is 2. The van der Waals surface area contributed by atoms with E-state index < -0.39 is 28.6 Å². The van der Waals surface area contributed by atoms with Gasteiger partial charge < -0.3 is 33.9 Å². The summed E-state index contributed by atoms with van der Waals surface area (Å²) in [6.45, 7) is 24.1. The fourth-order valence-electron chi connectivity index (χ4n) is 11.4. The molecule has 2 aromatic carbocycles. The van der Waals surface area contributed by atoms with Crippen LogP contribution in [0.1, 0.15) is 197 Å². The Bertz CT molecular complexity index is 2060. The Morgan fingerprint density at radius 3 is 1.85 bits per heavy atom. The van der Waals surface area contributed by atoms with E-state index in [2.05, 4.69) is 39.0 Å². The van der Waals surface area contributed by atoms with Crippen LogP contribution in [0.15, 0.2) is 36.4 Å². The number of ether oxygens (including phenoxy) is 5. The largest absolute Gasteiger partial charge is 0.508 e. The van der Waals surface area contributed by atoms with Gasteiger partial charge >= 0.3 is 23.9 Å². The smallest absolute Gasteiger partial charge is 0.312 e. The number of carbonyl (C=O) groups is 4. The molecule has 6 bridgehead atoms. The van der Waals surface area contributed by atoms with Crippen molar-refractivity contribution in [3.05, 3.63) is 42.0 Å². The van der Waals surface area contributed by atoms with Crippen LogP contribution in [0.4, 0.5) is 0 Å². The van der Waals surface area contributed by atoms with Crippen LogP contribution in [-0.4, -0.2) is 75.3 Å². The predicted octanol–water partition coefficient (Wildman–Crippen LogP) is 11.8. The third-order valence-electron chi connectivity index (χ3n) is 17.1. The van der Waals surface area contributed by atoms with Gasteiger partial charge in [0.2, 0.25) is 0 Å². The van der Waals surface area contributed by atoms with Crippen LogP contribution >= 0.6 is 0 Å². The van der Waals surface area contributed by atoms with E-state index in [1.54, 1.807) is 12.1 Å². The normalized spacial score (nSPS) is 31.1. The molecule has 8 fully saturated rings. The van der Waals surface area contributed by atoms with Crippen LogP contribution in [0.3, 0.4) is 0 Å². The maximum atomic E-state index is 12.4. The molecule has 2 aromatic rings. The lowest BCUT2D eigenvalue weighted by molar-refractivity contribution is -0.225. The van der Waals surface area contributed by atoms with Crippen molar-refractivity contribution in [3.63, 3.8) is 0 Å². The number of phenols is 1. The molecular weight excluding hydrogens is 849 g/mol. The van der Waals surface area contributed by atoms with Crippen molar-refractivity contribution in [1.82, 2.24) is 0 Å². The van der Waals surface area contributed by atoms with E-state index in [1.807, 2.05) is 68.4 Å². The Kier molecular flexibility index (Phi) is 16.0. The molecule has 3 saturated heterocycles. The number of hydrogen-bond acceptors (Lipinski definition) is 11. The Balaban J connectivity index is 0.000000148. The number of aliphatic hydroxyl groups is 1. The average Bonchev–Trinajstić information content (AvgIpc) is 4.05. The van der Waals surface area contributed by atoms with Gasteiger partial charge in [-0.1, -0.05) is 65.8 Å². The van der Waals surface area contributed by atoms with Crippen LogP contribution < -0.4 is 0 Å². The molecule has 0 amide bonds.